The van der Waals surface area contributed by atoms with Crippen molar-refractivity contribution in [3.63, 3.8) is 0 Å². The van der Waals surface area contributed by atoms with E-state index in [1.807, 2.05) is 54.1 Å². The van der Waals surface area contributed by atoms with Crippen LogP contribution in [0.3, 0.4) is 0 Å². The maximum absolute atomic E-state index is 13.2. The smallest absolute Gasteiger partial charge is 0.166 e. The van der Waals surface area contributed by atoms with Gasteiger partial charge in [0.2, 0.25) is 0 Å². The van der Waals surface area contributed by atoms with Gasteiger partial charge in [0.1, 0.15) is 5.82 Å². The van der Waals surface area contributed by atoms with Gasteiger partial charge in [0.05, 0.1) is 6.54 Å². The highest BCUT2D eigenvalue weighted by Gasteiger charge is 2.12. The van der Waals surface area contributed by atoms with Crippen molar-refractivity contribution in [2.24, 2.45) is 0 Å². The van der Waals surface area contributed by atoms with E-state index in [2.05, 4.69) is 10.00 Å². The predicted octanol–water partition coefficient (Wildman–Crippen LogP) is 3.04. The maximum atomic E-state index is 13.2. The monoisotopic (exact) mass is 298 g/mol. The van der Waals surface area contributed by atoms with E-state index in [0.717, 1.165) is 30.0 Å². The molecule has 0 aliphatic rings. The molecule has 0 N–H and O–H groups in total. The average molecular weight is 298 g/mol. The lowest BCUT2D eigenvalue weighted by Crippen LogP contribution is -2.18. The van der Waals surface area contributed by atoms with Crippen LogP contribution in [0.5, 0.6) is 0 Å². The topological polar surface area (TPSA) is 26.0 Å². The summed E-state index contributed by atoms with van der Waals surface area (Å²) in [4.78, 5) is 2.12. The molecule has 2 aromatic heterocycles. The molecule has 0 spiro atoms. The van der Waals surface area contributed by atoms with Gasteiger partial charge >= 0.3 is 0 Å². The molecule has 1 aromatic carbocycles. The number of benzene rings is 1. The highest BCUT2D eigenvalue weighted by Crippen LogP contribution is 2.26. The van der Waals surface area contributed by atoms with Crippen LogP contribution in [0.25, 0.3) is 16.9 Å². The summed E-state index contributed by atoms with van der Waals surface area (Å²) >= 11 is 0. The van der Waals surface area contributed by atoms with Gasteiger partial charge in [-0.15, -0.1) is 0 Å². The zero-order chi connectivity index (χ0) is 15.5. The van der Waals surface area contributed by atoms with Crippen molar-refractivity contribution >= 4 is 0 Å². The molecule has 3 aromatic rings. The van der Waals surface area contributed by atoms with Gasteiger partial charge in [-0.25, -0.2) is 4.39 Å². The van der Waals surface area contributed by atoms with E-state index in [0.29, 0.717) is 0 Å². The fraction of sp³-hybridized carbons (Fsp3) is 0.235. The van der Waals surface area contributed by atoms with E-state index in [1.165, 1.54) is 12.1 Å². The van der Waals surface area contributed by atoms with Crippen LogP contribution < -0.4 is 0 Å². The Hall–Kier alpha value is -2.40. The lowest BCUT2D eigenvalue weighted by atomic mass is 10.1. The molecule has 0 amide bonds. The zero-order valence-electron chi connectivity index (χ0n) is 12.8. The van der Waals surface area contributed by atoms with Gasteiger partial charge in [-0.2, -0.15) is 5.10 Å². The second-order valence-electron chi connectivity index (χ2n) is 5.53. The SMILES string of the molecule is CN(C)CCn1cc(-c2ccc(F)cc2)c(-n2cccc2)n1. The Morgan fingerprint density at radius 3 is 2.41 bits per heavy atom. The van der Waals surface area contributed by atoms with Crippen molar-refractivity contribution in [2.45, 2.75) is 6.54 Å². The normalized spacial score (nSPS) is 11.3. The van der Waals surface area contributed by atoms with E-state index in [9.17, 15) is 4.39 Å². The van der Waals surface area contributed by atoms with Gasteiger partial charge in [-0.05, 0) is 43.9 Å². The van der Waals surface area contributed by atoms with Crippen molar-refractivity contribution < 1.29 is 4.39 Å². The second kappa shape index (κ2) is 6.15. The summed E-state index contributed by atoms with van der Waals surface area (Å²) in [5.41, 5.74) is 1.95. The van der Waals surface area contributed by atoms with Crippen molar-refractivity contribution in [2.75, 3.05) is 20.6 Å². The molecule has 5 heteroatoms. The lowest BCUT2D eigenvalue weighted by molar-refractivity contribution is 0.373. The molecular formula is C17H19FN4. The first-order chi connectivity index (χ1) is 10.6. The molecule has 114 valence electrons. The highest BCUT2D eigenvalue weighted by molar-refractivity contribution is 5.70. The second-order valence-corrected chi connectivity index (χ2v) is 5.53. The molecule has 0 saturated heterocycles. The Morgan fingerprint density at radius 2 is 1.77 bits per heavy atom. The Bertz CT molecular complexity index is 727. The van der Waals surface area contributed by atoms with Crippen LogP contribution in [0.4, 0.5) is 4.39 Å². The maximum Gasteiger partial charge on any atom is 0.166 e. The van der Waals surface area contributed by atoms with Gasteiger partial charge in [0, 0.05) is 30.7 Å². The Labute approximate surface area is 129 Å². The minimum Gasteiger partial charge on any atom is -0.308 e. The summed E-state index contributed by atoms with van der Waals surface area (Å²) in [6.45, 7) is 1.72. The summed E-state index contributed by atoms with van der Waals surface area (Å²) in [5.74, 6) is 0.627. The molecule has 4 nitrogen and oxygen atoms in total. The quantitative estimate of drug-likeness (QED) is 0.723. The molecule has 0 atom stereocenters. The number of rotatable bonds is 5. The summed E-state index contributed by atoms with van der Waals surface area (Å²) < 4.78 is 17.1. The minimum absolute atomic E-state index is 0.230. The summed E-state index contributed by atoms with van der Waals surface area (Å²) in [5, 5.41) is 4.68. The molecule has 3 rings (SSSR count). The van der Waals surface area contributed by atoms with E-state index in [-0.39, 0.29) is 5.82 Å². The van der Waals surface area contributed by atoms with Gasteiger partial charge in [0.15, 0.2) is 5.82 Å². The first-order valence-corrected chi connectivity index (χ1v) is 7.25. The molecule has 2 heterocycles. The first kappa shape index (κ1) is 14.5. The highest BCUT2D eigenvalue weighted by atomic mass is 19.1. The Morgan fingerprint density at radius 1 is 1.09 bits per heavy atom. The summed E-state index contributed by atoms with van der Waals surface area (Å²) in [7, 11) is 4.08. The van der Waals surface area contributed by atoms with Crippen LogP contribution in [-0.2, 0) is 6.54 Å². The van der Waals surface area contributed by atoms with E-state index in [4.69, 9.17) is 0 Å². The summed E-state index contributed by atoms with van der Waals surface area (Å²) in [6.07, 6.45) is 5.95. The van der Waals surface area contributed by atoms with E-state index in [1.54, 1.807) is 12.1 Å². The zero-order valence-corrected chi connectivity index (χ0v) is 12.8. The van der Waals surface area contributed by atoms with Crippen molar-refractivity contribution in [3.05, 3.63) is 60.8 Å². The minimum atomic E-state index is -0.230. The molecule has 0 saturated carbocycles. The summed E-state index contributed by atoms with van der Waals surface area (Å²) in [6, 6.07) is 10.5. The van der Waals surface area contributed by atoms with Gasteiger partial charge in [-0.1, -0.05) is 12.1 Å². The molecule has 0 bridgehead atoms. The largest absolute Gasteiger partial charge is 0.308 e. The average Bonchev–Trinajstić information content (AvgIpc) is 3.15. The van der Waals surface area contributed by atoms with Crippen LogP contribution in [0, 0.1) is 5.82 Å². The predicted molar refractivity (Wildman–Crippen MR) is 85.5 cm³/mol. The molecule has 0 aliphatic carbocycles. The third-order valence-corrected chi connectivity index (χ3v) is 3.52. The molecule has 0 radical (unpaired) electrons. The van der Waals surface area contributed by atoms with Crippen LogP contribution in [0.15, 0.2) is 55.0 Å². The third-order valence-electron chi connectivity index (χ3n) is 3.52. The number of likely N-dealkylation sites (N-methyl/N-ethyl adjacent to an activating group) is 1. The number of halogens is 1. The fourth-order valence-electron chi connectivity index (χ4n) is 2.33. The lowest BCUT2D eigenvalue weighted by Gasteiger charge is -2.08. The number of hydrogen-bond acceptors (Lipinski definition) is 2. The van der Waals surface area contributed by atoms with Crippen LogP contribution in [0.1, 0.15) is 0 Å². The van der Waals surface area contributed by atoms with E-state index < -0.39 is 0 Å². The number of aromatic nitrogens is 3. The van der Waals surface area contributed by atoms with Gasteiger partial charge < -0.3 is 9.47 Å². The Balaban J connectivity index is 2.01. The van der Waals surface area contributed by atoms with Crippen LogP contribution >= 0.6 is 0 Å². The Kier molecular flexibility index (Phi) is 4.06. The molecule has 0 unspecified atom stereocenters. The van der Waals surface area contributed by atoms with Gasteiger partial charge in [-0.3, -0.25) is 4.68 Å². The number of nitrogens with zero attached hydrogens (tertiary/aromatic N) is 4. The molecule has 22 heavy (non-hydrogen) atoms. The first-order valence-electron chi connectivity index (χ1n) is 7.25. The van der Waals surface area contributed by atoms with Crippen molar-refractivity contribution in [1.29, 1.82) is 0 Å². The van der Waals surface area contributed by atoms with E-state index >= 15 is 0 Å². The van der Waals surface area contributed by atoms with Crippen LogP contribution in [-0.4, -0.2) is 39.9 Å². The molecule has 0 fully saturated rings. The molecule has 0 aliphatic heterocycles. The number of hydrogen-bond donors (Lipinski definition) is 0. The van der Waals surface area contributed by atoms with Gasteiger partial charge in [0.25, 0.3) is 0 Å². The van der Waals surface area contributed by atoms with Crippen molar-refractivity contribution in [1.82, 2.24) is 19.2 Å². The third kappa shape index (κ3) is 3.09. The molecular weight excluding hydrogens is 279 g/mol. The fourth-order valence-corrected chi connectivity index (χ4v) is 2.33. The standard InChI is InChI=1S/C17H19FN4/c1-20(2)11-12-22-13-16(14-5-7-15(18)8-6-14)17(19-22)21-9-3-4-10-21/h3-10,13H,11-12H2,1-2H3. The van der Waals surface area contributed by atoms with Crippen LogP contribution in [0.2, 0.25) is 0 Å². The van der Waals surface area contributed by atoms with Crippen molar-refractivity contribution in [3.8, 4) is 16.9 Å².